The first kappa shape index (κ1) is 15.7. The van der Waals surface area contributed by atoms with Crippen LogP contribution in [0, 0.1) is 0 Å². The molecule has 0 saturated carbocycles. The Labute approximate surface area is 153 Å². The highest BCUT2D eigenvalue weighted by Gasteiger charge is 2.13. The molecule has 0 aliphatic rings. The van der Waals surface area contributed by atoms with Crippen LogP contribution < -0.4 is 0 Å². The van der Waals surface area contributed by atoms with Crippen LogP contribution in [0.1, 0.15) is 0 Å². The van der Waals surface area contributed by atoms with E-state index in [0.717, 1.165) is 5.02 Å². The normalized spacial score (nSPS) is 10.6. The minimum absolute atomic E-state index is 0.752. The van der Waals surface area contributed by atoms with E-state index < -0.39 is 0 Å². The molecule has 0 unspecified atom stereocenters. The second-order valence-corrected chi connectivity index (χ2v) is 6.40. The summed E-state index contributed by atoms with van der Waals surface area (Å²) in [5.74, 6) is 0. The van der Waals surface area contributed by atoms with Crippen LogP contribution in [-0.2, 0) is 0 Å². The fraction of sp³-hybridized carbons (Fsp3) is 0. The summed E-state index contributed by atoms with van der Waals surface area (Å²) in [6, 6.07) is 35.6. The molecule has 120 valence electrons. The molecule has 4 rings (SSSR count). The molecule has 0 N–H and O–H groups in total. The van der Waals surface area contributed by atoms with Crippen LogP contribution in [0.15, 0.2) is 103 Å². The SMILES string of the molecule is Clc1ccc(-c2c(-c3ccccc3)cccc2-c2ccccc2)cc1. The first-order valence-electron chi connectivity index (χ1n) is 8.33. The molecular weight excluding hydrogens is 324 g/mol. The molecule has 0 aliphatic heterocycles. The van der Waals surface area contributed by atoms with Crippen LogP contribution in [0.5, 0.6) is 0 Å². The Kier molecular flexibility index (Phi) is 4.37. The van der Waals surface area contributed by atoms with Crippen molar-refractivity contribution in [3.63, 3.8) is 0 Å². The van der Waals surface area contributed by atoms with Gasteiger partial charge >= 0.3 is 0 Å². The molecule has 0 aliphatic carbocycles. The van der Waals surface area contributed by atoms with Crippen LogP contribution in [0.25, 0.3) is 33.4 Å². The van der Waals surface area contributed by atoms with Crippen molar-refractivity contribution in [3.8, 4) is 33.4 Å². The fourth-order valence-electron chi connectivity index (χ4n) is 3.20. The smallest absolute Gasteiger partial charge is 0.0406 e. The van der Waals surface area contributed by atoms with Crippen molar-refractivity contribution >= 4 is 11.6 Å². The van der Waals surface area contributed by atoms with E-state index in [1.165, 1.54) is 33.4 Å². The lowest BCUT2D eigenvalue weighted by atomic mass is 9.88. The molecular formula is C24H17Cl. The van der Waals surface area contributed by atoms with Gasteiger partial charge in [-0.05, 0) is 45.5 Å². The number of hydrogen-bond acceptors (Lipinski definition) is 0. The molecule has 0 aromatic heterocycles. The fourth-order valence-corrected chi connectivity index (χ4v) is 3.32. The quantitative estimate of drug-likeness (QED) is 0.366. The molecule has 1 heteroatoms. The minimum atomic E-state index is 0.752. The van der Waals surface area contributed by atoms with Gasteiger partial charge in [0.05, 0.1) is 0 Å². The van der Waals surface area contributed by atoms with Crippen molar-refractivity contribution < 1.29 is 0 Å². The van der Waals surface area contributed by atoms with Crippen LogP contribution in [0.3, 0.4) is 0 Å². The summed E-state index contributed by atoms with van der Waals surface area (Å²) in [6.45, 7) is 0. The van der Waals surface area contributed by atoms with Crippen LogP contribution in [-0.4, -0.2) is 0 Å². The van der Waals surface area contributed by atoms with Gasteiger partial charge in [0, 0.05) is 5.02 Å². The van der Waals surface area contributed by atoms with Gasteiger partial charge in [-0.3, -0.25) is 0 Å². The molecule has 0 bridgehead atoms. The second kappa shape index (κ2) is 6.96. The van der Waals surface area contributed by atoms with Crippen molar-refractivity contribution in [3.05, 3.63) is 108 Å². The van der Waals surface area contributed by atoms with Crippen LogP contribution in [0.2, 0.25) is 5.02 Å². The van der Waals surface area contributed by atoms with Gasteiger partial charge in [0.25, 0.3) is 0 Å². The highest BCUT2D eigenvalue weighted by atomic mass is 35.5. The molecule has 0 nitrogen and oxygen atoms in total. The summed E-state index contributed by atoms with van der Waals surface area (Å²) in [4.78, 5) is 0. The van der Waals surface area contributed by atoms with Gasteiger partial charge < -0.3 is 0 Å². The van der Waals surface area contributed by atoms with E-state index >= 15 is 0 Å². The van der Waals surface area contributed by atoms with Gasteiger partial charge in [0.1, 0.15) is 0 Å². The molecule has 0 radical (unpaired) electrons. The Morgan fingerprint density at radius 2 is 0.880 bits per heavy atom. The lowest BCUT2D eigenvalue weighted by Gasteiger charge is -2.16. The van der Waals surface area contributed by atoms with E-state index in [0.29, 0.717) is 0 Å². The van der Waals surface area contributed by atoms with Gasteiger partial charge in [0.15, 0.2) is 0 Å². The molecule has 0 fully saturated rings. The minimum Gasteiger partial charge on any atom is -0.0843 e. The second-order valence-electron chi connectivity index (χ2n) is 5.97. The zero-order valence-electron chi connectivity index (χ0n) is 13.7. The molecule has 0 amide bonds. The lowest BCUT2D eigenvalue weighted by molar-refractivity contribution is 1.56. The largest absolute Gasteiger partial charge is 0.0843 e. The third kappa shape index (κ3) is 3.22. The molecule has 4 aromatic rings. The maximum Gasteiger partial charge on any atom is 0.0406 e. The third-order valence-electron chi connectivity index (χ3n) is 4.37. The maximum absolute atomic E-state index is 6.11. The Balaban J connectivity index is 2.01. The molecule has 25 heavy (non-hydrogen) atoms. The predicted molar refractivity (Wildman–Crippen MR) is 108 cm³/mol. The maximum atomic E-state index is 6.11. The summed E-state index contributed by atoms with van der Waals surface area (Å²) in [5, 5.41) is 0.752. The van der Waals surface area contributed by atoms with Crippen LogP contribution >= 0.6 is 11.6 Å². The molecule has 0 heterocycles. The Morgan fingerprint density at radius 1 is 0.400 bits per heavy atom. The summed E-state index contributed by atoms with van der Waals surface area (Å²) in [7, 11) is 0. The molecule has 0 atom stereocenters. The van der Waals surface area contributed by atoms with E-state index in [4.69, 9.17) is 11.6 Å². The van der Waals surface area contributed by atoms with E-state index in [1.54, 1.807) is 0 Å². The highest BCUT2D eigenvalue weighted by Crippen LogP contribution is 2.40. The standard InChI is InChI=1S/C24H17Cl/c25-21-16-14-20(15-17-21)24-22(18-8-3-1-4-9-18)12-7-13-23(24)19-10-5-2-6-11-19/h1-17H. The van der Waals surface area contributed by atoms with E-state index in [9.17, 15) is 0 Å². The van der Waals surface area contributed by atoms with Crippen molar-refractivity contribution in [1.29, 1.82) is 0 Å². The number of benzene rings is 4. The van der Waals surface area contributed by atoms with E-state index in [1.807, 2.05) is 24.3 Å². The zero-order valence-corrected chi connectivity index (χ0v) is 14.4. The Hall–Kier alpha value is -2.83. The number of hydrogen-bond donors (Lipinski definition) is 0. The molecule has 4 aromatic carbocycles. The zero-order chi connectivity index (χ0) is 17.1. The van der Waals surface area contributed by atoms with Crippen molar-refractivity contribution in [2.75, 3.05) is 0 Å². The number of rotatable bonds is 3. The first-order valence-corrected chi connectivity index (χ1v) is 8.70. The topological polar surface area (TPSA) is 0 Å². The third-order valence-corrected chi connectivity index (χ3v) is 4.62. The lowest BCUT2D eigenvalue weighted by Crippen LogP contribution is -1.90. The predicted octanol–water partition coefficient (Wildman–Crippen LogP) is 7.34. The van der Waals surface area contributed by atoms with Crippen LogP contribution in [0.4, 0.5) is 0 Å². The highest BCUT2D eigenvalue weighted by molar-refractivity contribution is 6.30. The van der Waals surface area contributed by atoms with Gasteiger partial charge in [-0.2, -0.15) is 0 Å². The van der Waals surface area contributed by atoms with Crippen molar-refractivity contribution in [2.24, 2.45) is 0 Å². The van der Waals surface area contributed by atoms with E-state index in [2.05, 4.69) is 78.9 Å². The summed E-state index contributed by atoms with van der Waals surface area (Å²) in [5.41, 5.74) is 7.28. The average Bonchev–Trinajstić information content (AvgIpc) is 2.69. The van der Waals surface area contributed by atoms with Crippen molar-refractivity contribution in [1.82, 2.24) is 0 Å². The summed E-state index contributed by atoms with van der Waals surface area (Å²) >= 11 is 6.11. The Morgan fingerprint density at radius 3 is 1.36 bits per heavy atom. The summed E-state index contributed by atoms with van der Waals surface area (Å²) < 4.78 is 0. The first-order chi connectivity index (χ1) is 12.3. The summed E-state index contributed by atoms with van der Waals surface area (Å²) in [6.07, 6.45) is 0. The molecule has 0 spiro atoms. The Bertz CT molecular complexity index is 914. The van der Waals surface area contributed by atoms with Gasteiger partial charge in [-0.15, -0.1) is 0 Å². The average molecular weight is 341 g/mol. The monoisotopic (exact) mass is 340 g/mol. The molecule has 0 saturated heterocycles. The van der Waals surface area contributed by atoms with E-state index in [-0.39, 0.29) is 0 Å². The van der Waals surface area contributed by atoms with Gasteiger partial charge in [-0.25, -0.2) is 0 Å². The van der Waals surface area contributed by atoms with Gasteiger partial charge in [0.2, 0.25) is 0 Å². The van der Waals surface area contributed by atoms with Gasteiger partial charge in [-0.1, -0.05) is 103 Å². The number of halogens is 1. The van der Waals surface area contributed by atoms with Crippen molar-refractivity contribution in [2.45, 2.75) is 0 Å².